The maximum absolute atomic E-state index is 11.6. The number of nitrogens with two attached hydrogens (primary N) is 1. The van der Waals surface area contributed by atoms with E-state index in [0.29, 0.717) is 25.5 Å². The minimum Gasteiger partial charge on any atom is -0.316 e. The number of hydrazine groups is 1. The lowest BCUT2D eigenvalue weighted by molar-refractivity contribution is 0.126. The molecule has 82 valence electrons. The molecule has 0 unspecified atom stereocenters. The normalized spacial score (nSPS) is 17.3. The number of rotatable bonds is 2. The van der Waals surface area contributed by atoms with Crippen molar-refractivity contribution < 1.29 is 4.79 Å². The number of aromatic nitrogens is 4. The van der Waals surface area contributed by atoms with Gasteiger partial charge >= 0.3 is 6.03 Å². The second kappa shape index (κ2) is 3.81. The number of hydrogen-bond acceptors (Lipinski definition) is 5. The van der Waals surface area contributed by atoms with E-state index in [4.69, 9.17) is 5.84 Å². The second-order valence-corrected chi connectivity index (χ2v) is 3.45. The highest BCUT2D eigenvalue weighted by Crippen LogP contribution is 2.07. The lowest BCUT2D eigenvalue weighted by atomic mass is 10.3. The molecule has 1 saturated heterocycles. The predicted octanol–water partition coefficient (Wildman–Crippen LogP) is -1.29. The monoisotopic (exact) mass is 211 g/mol. The van der Waals surface area contributed by atoms with Gasteiger partial charge in [-0.05, 0) is 11.6 Å². The summed E-state index contributed by atoms with van der Waals surface area (Å²) in [5.74, 6) is 6.04. The van der Waals surface area contributed by atoms with Crippen molar-refractivity contribution in [3.05, 3.63) is 5.82 Å². The van der Waals surface area contributed by atoms with Crippen molar-refractivity contribution >= 4 is 6.03 Å². The van der Waals surface area contributed by atoms with Crippen LogP contribution in [0.4, 0.5) is 4.79 Å². The van der Waals surface area contributed by atoms with Crippen LogP contribution in [0.1, 0.15) is 12.2 Å². The Labute approximate surface area is 86.6 Å². The smallest absolute Gasteiger partial charge is 0.316 e. The van der Waals surface area contributed by atoms with Crippen LogP contribution in [-0.4, -0.2) is 49.2 Å². The van der Waals surface area contributed by atoms with Gasteiger partial charge in [-0.1, -0.05) is 0 Å². The van der Waals surface area contributed by atoms with Gasteiger partial charge in [0.15, 0.2) is 5.82 Å². The Morgan fingerprint density at radius 3 is 2.93 bits per heavy atom. The zero-order valence-electron chi connectivity index (χ0n) is 8.50. The molecule has 0 bridgehead atoms. The fourth-order valence-electron chi connectivity index (χ4n) is 1.51. The Morgan fingerprint density at radius 2 is 2.27 bits per heavy atom. The maximum atomic E-state index is 11.6. The number of amides is 2. The van der Waals surface area contributed by atoms with Gasteiger partial charge in [-0.2, -0.15) is 4.80 Å². The first kappa shape index (κ1) is 9.84. The Kier molecular flexibility index (Phi) is 2.50. The quantitative estimate of drug-likeness (QED) is 0.485. The van der Waals surface area contributed by atoms with Gasteiger partial charge in [0, 0.05) is 13.1 Å². The van der Waals surface area contributed by atoms with E-state index < -0.39 is 0 Å². The highest BCUT2D eigenvalue weighted by atomic mass is 16.2. The molecule has 0 aliphatic carbocycles. The number of nitrogens with zero attached hydrogens (tertiary/aromatic N) is 6. The third-order valence-corrected chi connectivity index (χ3v) is 2.23. The third-order valence-electron chi connectivity index (χ3n) is 2.23. The van der Waals surface area contributed by atoms with Crippen LogP contribution in [0.2, 0.25) is 0 Å². The average molecular weight is 211 g/mol. The average Bonchev–Trinajstić information content (AvgIpc) is 2.59. The number of carbonyl (C=O) groups is 1. The minimum absolute atomic E-state index is 0.186. The molecule has 2 N–H and O–H groups in total. The summed E-state index contributed by atoms with van der Waals surface area (Å²) in [5, 5.41) is 12.7. The lowest BCUT2D eigenvalue weighted by Gasteiger charge is -2.31. The van der Waals surface area contributed by atoms with Crippen molar-refractivity contribution in [3.63, 3.8) is 0 Å². The summed E-state index contributed by atoms with van der Waals surface area (Å²) < 4.78 is 0. The molecule has 0 spiro atoms. The summed E-state index contributed by atoms with van der Waals surface area (Å²) in [6.07, 6.45) is 0.864. The predicted molar refractivity (Wildman–Crippen MR) is 50.1 cm³/mol. The van der Waals surface area contributed by atoms with Crippen LogP contribution in [-0.2, 0) is 13.6 Å². The standard InChI is InChI=1S/C7H13N7O/c1-12-10-6(9-11-12)5-13-3-2-4-14(8)7(13)15/h2-5,8H2,1H3. The van der Waals surface area contributed by atoms with Gasteiger partial charge in [-0.25, -0.2) is 10.6 Å². The molecule has 0 saturated carbocycles. The fraction of sp³-hybridized carbons (Fsp3) is 0.714. The molecule has 15 heavy (non-hydrogen) atoms. The third kappa shape index (κ3) is 2.04. The van der Waals surface area contributed by atoms with Crippen molar-refractivity contribution in [2.45, 2.75) is 13.0 Å². The van der Waals surface area contributed by atoms with Gasteiger partial charge in [-0.3, -0.25) is 5.01 Å². The van der Waals surface area contributed by atoms with Crippen LogP contribution >= 0.6 is 0 Å². The van der Waals surface area contributed by atoms with Crippen LogP contribution in [0.15, 0.2) is 0 Å². The van der Waals surface area contributed by atoms with E-state index in [9.17, 15) is 4.79 Å². The summed E-state index contributed by atoms with van der Waals surface area (Å²) >= 11 is 0. The van der Waals surface area contributed by atoms with E-state index in [1.807, 2.05) is 0 Å². The molecule has 1 fully saturated rings. The summed E-state index contributed by atoms with van der Waals surface area (Å²) in [6.45, 7) is 1.65. The SMILES string of the molecule is Cn1nnc(CN2CCCN(N)C2=O)n1. The summed E-state index contributed by atoms with van der Waals surface area (Å²) in [7, 11) is 1.68. The second-order valence-electron chi connectivity index (χ2n) is 3.45. The van der Waals surface area contributed by atoms with Crippen molar-refractivity contribution in [1.82, 2.24) is 30.1 Å². The van der Waals surface area contributed by atoms with Crippen molar-refractivity contribution in [2.24, 2.45) is 12.9 Å². The molecule has 1 aliphatic rings. The topological polar surface area (TPSA) is 93.2 Å². The molecule has 8 nitrogen and oxygen atoms in total. The molecule has 1 aliphatic heterocycles. The molecule has 2 rings (SSSR count). The van der Waals surface area contributed by atoms with Crippen LogP contribution in [0, 0.1) is 0 Å². The zero-order valence-corrected chi connectivity index (χ0v) is 8.50. The Bertz CT molecular complexity index is 362. The van der Waals surface area contributed by atoms with Crippen molar-refractivity contribution in [1.29, 1.82) is 0 Å². The van der Waals surface area contributed by atoms with E-state index in [1.54, 1.807) is 11.9 Å². The van der Waals surface area contributed by atoms with E-state index in [0.717, 1.165) is 6.42 Å². The van der Waals surface area contributed by atoms with E-state index in [1.165, 1.54) is 9.81 Å². The molecular formula is C7H13N7O. The van der Waals surface area contributed by atoms with Crippen LogP contribution in [0.3, 0.4) is 0 Å². The molecule has 8 heteroatoms. The molecule has 1 aromatic rings. The Balaban J connectivity index is 2.02. The number of aryl methyl sites for hydroxylation is 1. The van der Waals surface area contributed by atoms with Gasteiger partial charge in [-0.15, -0.1) is 10.2 Å². The summed E-state index contributed by atoms with van der Waals surface area (Å²) in [5.41, 5.74) is 0. The van der Waals surface area contributed by atoms with E-state index in [-0.39, 0.29) is 6.03 Å². The Morgan fingerprint density at radius 1 is 1.47 bits per heavy atom. The van der Waals surface area contributed by atoms with Gasteiger partial charge in [0.1, 0.15) is 0 Å². The number of carbonyl (C=O) groups excluding carboxylic acids is 1. The largest absolute Gasteiger partial charge is 0.334 e. The first-order valence-electron chi connectivity index (χ1n) is 4.71. The van der Waals surface area contributed by atoms with E-state index in [2.05, 4.69) is 15.4 Å². The molecule has 0 aromatic carbocycles. The van der Waals surface area contributed by atoms with Crippen LogP contribution in [0.25, 0.3) is 0 Å². The highest BCUT2D eigenvalue weighted by Gasteiger charge is 2.24. The summed E-state index contributed by atoms with van der Waals surface area (Å²) in [4.78, 5) is 14.6. The highest BCUT2D eigenvalue weighted by molar-refractivity contribution is 5.74. The number of hydrogen-bond donors (Lipinski definition) is 1. The molecule has 0 atom stereocenters. The maximum Gasteiger partial charge on any atom is 0.334 e. The summed E-state index contributed by atoms with van der Waals surface area (Å²) in [6, 6.07) is -0.186. The minimum atomic E-state index is -0.186. The molecule has 2 heterocycles. The van der Waals surface area contributed by atoms with Crippen molar-refractivity contribution in [3.8, 4) is 0 Å². The molecule has 1 aromatic heterocycles. The van der Waals surface area contributed by atoms with Gasteiger partial charge in [0.25, 0.3) is 0 Å². The molecule has 0 radical (unpaired) electrons. The molecule has 2 amide bonds. The van der Waals surface area contributed by atoms with Gasteiger partial charge in [0.05, 0.1) is 13.6 Å². The number of urea groups is 1. The zero-order chi connectivity index (χ0) is 10.8. The first-order chi connectivity index (χ1) is 7.16. The van der Waals surface area contributed by atoms with E-state index >= 15 is 0 Å². The Hall–Kier alpha value is -1.70. The number of tetrazole rings is 1. The fourth-order valence-corrected chi connectivity index (χ4v) is 1.51. The van der Waals surface area contributed by atoms with Crippen LogP contribution < -0.4 is 5.84 Å². The first-order valence-corrected chi connectivity index (χ1v) is 4.71. The van der Waals surface area contributed by atoms with Gasteiger partial charge < -0.3 is 4.90 Å². The van der Waals surface area contributed by atoms with Gasteiger partial charge in [0.2, 0.25) is 0 Å². The lowest BCUT2D eigenvalue weighted by Crippen LogP contribution is -2.52. The molecular weight excluding hydrogens is 198 g/mol. The van der Waals surface area contributed by atoms with Crippen LogP contribution in [0.5, 0.6) is 0 Å². The van der Waals surface area contributed by atoms with Crippen molar-refractivity contribution in [2.75, 3.05) is 13.1 Å².